The molecule has 0 bridgehead atoms. The van der Waals surface area contributed by atoms with Gasteiger partial charge in [0.1, 0.15) is 0 Å². The lowest BCUT2D eigenvalue weighted by molar-refractivity contribution is 0.0253. The molecular weight excluding hydrogens is 250 g/mol. The van der Waals surface area contributed by atoms with E-state index in [4.69, 9.17) is 5.73 Å². The number of anilines is 1. The van der Waals surface area contributed by atoms with Crippen LogP contribution in [0.5, 0.6) is 0 Å². The number of nitrogens with one attached hydrogen (secondary N) is 1. The molecule has 0 heterocycles. The zero-order chi connectivity index (χ0) is 13.1. The van der Waals surface area contributed by atoms with Crippen molar-refractivity contribution in [2.45, 2.75) is 10.8 Å². The molecule has 0 radical (unpaired) electrons. The second-order valence-corrected chi connectivity index (χ2v) is 5.67. The SMILES string of the molecule is CS(=O)(=O)c1ccccc1NCC(F)(F)CN. The average Bonchev–Trinajstić information content (AvgIpc) is 2.26. The van der Waals surface area contributed by atoms with E-state index >= 15 is 0 Å². The van der Waals surface area contributed by atoms with E-state index in [1.54, 1.807) is 6.07 Å². The van der Waals surface area contributed by atoms with Crippen LogP contribution in [-0.2, 0) is 9.84 Å². The van der Waals surface area contributed by atoms with E-state index in [0.29, 0.717) is 0 Å². The quantitative estimate of drug-likeness (QED) is 0.835. The second kappa shape index (κ2) is 4.97. The topological polar surface area (TPSA) is 72.2 Å². The van der Waals surface area contributed by atoms with Gasteiger partial charge in [-0.2, -0.15) is 0 Å². The predicted octanol–water partition coefficient (Wildman–Crippen LogP) is 1.10. The van der Waals surface area contributed by atoms with E-state index in [1.165, 1.54) is 18.2 Å². The normalized spacial score (nSPS) is 12.5. The van der Waals surface area contributed by atoms with Gasteiger partial charge in [0.25, 0.3) is 5.92 Å². The number of para-hydroxylation sites is 1. The first kappa shape index (κ1) is 13.9. The minimum Gasteiger partial charge on any atom is -0.378 e. The van der Waals surface area contributed by atoms with Gasteiger partial charge in [0, 0.05) is 6.26 Å². The summed E-state index contributed by atoms with van der Waals surface area (Å²) in [7, 11) is -3.45. The lowest BCUT2D eigenvalue weighted by Crippen LogP contribution is -2.35. The van der Waals surface area contributed by atoms with Crippen molar-refractivity contribution >= 4 is 15.5 Å². The summed E-state index contributed by atoms with van der Waals surface area (Å²) in [6.07, 6.45) is 1.02. The van der Waals surface area contributed by atoms with E-state index in [9.17, 15) is 17.2 Å². The van der Waals surface area contributed by atoms with E-state index in [1.807, 2.05) is 0 Å². The Kier molecular flexibility index (Phi) is 4.05. The summed E-state index contributed by atoms with van der Waals surface area (Å²) in [4.78, 5) is -0.00665. The highest BCUT2D eigenvalue weighted by Gasteiger charge is 2.27. The number of halogens is 2. The third kappa shape index (κ3) is 3.94. The van der Waals surface area contributed by atoms with Crippen molar-refractivity contribution in [2.24, 2.45) is 5.73 Å². The lowest BCUT2D eigenvalue weighted by atomic mass is 10.3. The zero-order valence-electron chi connectivity index (χ0n) is 9.28. The number of benzene rings is 1. The van der Waals surface area contributed by atoms with Crippen molar-refractivity contribution in [3.63, 3.8) is 0 Å². The number of rotatable bonds is 5. The fourth-order valence-corrected chi connectivity index (χ4v) is 2.10. The highest BCUT2D eigenvalue weighted by molar-refractivity contribution is 7.90. The van der Waals surface area contributed by atoms with Crippen molar-refractivity contribution in [2.75, 3.05) is 24.7 Å². The van der Waals surface area contributed by atoms with Crippen molar-refractivity contribution in [3.05, 3.63) is 24.3 Å². The smallest absolute Gasteiger partial charge is 0.276 e. The number of hydrogen-bond acceptors (Lipinski definition) is 4. The Morgan fingerprint density at radius 1 is 1.35 bits per heavy atom. The van der Waals surface area contributed by atoms with Crippen molar-refractivity contribution < 1.29 is 17.2 Å². The first-order valence-electron chi connectivity index (χ1n) is 4.87. The molecule has 1 aromatic rings. The summed E-state index contributed by atoms with van der Waals surface area (Å²) in [5.74, 6) is -3.06. The molecule has 4 nitrogen and oxygen atoms in total. The van der Waals surface area contributed by atoms with Crippen LogP contribution < -0.4 is 11.1 Å². The number of alkyl halides is 2. The maximum absolute atomic E-state index is 12.9. The summed E-state index contributed by atoms with van der Waals surface area (Å²) in [6, 6.07) is 5.89. The summed E-state index contributed by atoms with van der Waals surface area (Å²) < 4.78 is 48.7. The molecule has 0 aliphatic heterocycles. The number of nitrogens with two attached hydrogens (primary N) is 1. The largest absolute Gasteiger partial charge is 0.378 e. The van der Waals surface area contributed by atoms with Gasteiger partial charge in [-0.15, -0.1) is 0 Å². The fourth-order valence-electron chi connectivity index (χ4n) is 1.23. The number of hydrogen-bond donors (Lipinski definition) is 2. The fraction of sp³-hybridized carbons (Fsp3) is 0.400. The Hall–Kier alpha value is -1.21. The highest BCUT2D eigenvalue weighted by atomic mass is 32.2. The van der Waals surface area contributed by atoms with Gasteiger partial charge >= 0.3 is 0 Å². The molecule has 1 rings (SSSR count). The van der Waals surface area contributed by atoms with E-state index in [0.717, 1.165) is 6.26 Å². The molecule has 0 unspecified atom stereocenters. The Balaban J connectivity index is 2.93. The highest BCUT2D eigenvalue weighted by Crippen LogP contribution is 2.22. The van der Waals surface area contributed by atoms with Crippen LogP contribution in [0.4, 0.5) is 14.5 Å². The van der Waals surface area contributed by atoms with Crippen molar-refractivity contribution in [3.8, 4) is 0 Å². The van der Waals surface area contributed by atoms with Crippen LogP contribution in [0, 0.1) is 0 Å². The summed E-state index contributed by atoms with van der Waals surface area (Å²) in [6.45, 7) is -1.49. The van der Waals surface area contributed by atoms with Gasteiger partial charge in [0.05, 0.1) is 23.7 Å². The molecule has 0 aliphatic carbocycles. The minimum atomic E-state index is -3.45. The van der Waals surface area contributed by atoms with Gasteiger partial charge < -0.3 is 11.1 Å². The molecule has 96 valence electrons. The monoisotopic (exact) mass is 264 g/mol. The maximum Gasteiger partial charge on any atom is 0.276 e. The molecule has 17 heavy (non-hydrogen) atoms. The van der Waals surface area contributed by atoms with Crippen LogP contribution in [0.25, 0.3) is 0 Å². The Morgan fingerprint density at radius 2 is 1.94 bits per heavy atom. The molecule has 1 aromatic carbocycles. The molecule has 0 fully saturated rings. The molecule has 0 atom stereocenters. The van der Waals surface area contributed by atoms with Gasteiger partial charge in [0.2, 0.25) is 0 Å². The Labute approximate surface area is 98.7 Å². The lowest BCUT2D eigenvalue weighted by Gasteiger charge is -2.16. The zero-order valence-corrected chi connectivity index (χ0v) is 10.1. The summed E-state index contributed by atoms with van der Waals surface area (Å²) >= 11 is 0. The van der Waals surface area contributed by atoms with Crippen LogP contribution in [0.2, 0.25) is 0 Å². The standard InChI is InChI=1S/C10H14F2N2O2S/c1-17(15,16)9-5-3-2-4-8(9)14-7-10(11,12)6-13/h2-5,14H,6-7,13H2,1H3. The summed E-state index contributed by atoms with van der Waals surface area (Å²) in [5.41, 5.74) is 5.04. The van der Waals surface area contributed by atoms with Crippen molar-refractivity contribution in [1.82, 2.24) is 0 Å². The van der Waals surface area contributed by atoms with Crippen LogP contribution >= 0.6 is 0 Å². The summed E-state index contributed by atoms with van der Waals surface area (Å²) in [5, 5.41) is 2.40. The molecule has 0 aromatic heterocycles. The molecule has 0 aliphatic rings. The molecule has 3 N–H and O–H groups in total. The predicted molar refractivity (Wildman–Crippen MR) is 62.0 cm³/mol. The van der Waals surface area contributed by atoms with Crippen LogP contribution in [0.15, 0.2) is 29.2 Å². The average molecular weight is 264 g/mol. The van der Waals surface area contributed by atoms with Crippen LogP contribution in [-0.4, -0.2) is 33.7 Å². The first-order chi connectivity index (χ1) is 7.76. The van der Waals surface area contributed by atoms with Crippen LogP contribution in [0.3, 0.4) is 0 Å². The Bertz CT molecular complexity index is 489. The Morgan fingerprint density at radius 3 is 2.47 bits per heavy atom. The molecule has 0 saturated carbocycles. The first-order valence-corrected chi connectivity index (χ1v) is 6.76. The second-order valence-electron chi connectivity index (χ2n) is 3.68. The number of sulfone groups is 1. The van der Waals surface area contributed by atoms with Gasteiger partial charge in [-0.25, -0.2) is 17.2 Å². The van der Waals surface area contributed by atoms with Crippen molar-refractivity contribution in [1.29, 1.82) is 0 Å². The molecule has 7 heteroatoms. The van der Waals surface area contributed by atoms with Gasteiger partial charge in [-0.1, -0.05) is 12.1 Å². The maximum atomic E-state index is 12.9. The van der Waals surface area contributed by atoms with E-state index < -0.39 is 28.8 Å². The third-order valence-electron chi connectivity index (χ3n) is 2.12. The molecule has 0 saturated heterocycles. The third-order valence-corrected chi connectivity index (χ3v) is 3.28. The van der Waals surface area contributed by atoms with Gasteiger partial charge in [-0.3, -0.25) is 0 Å². The minimum absolute atomic E-state index is 0.00665. The molecular formula is C10H14F2N2O2S. The van der Waals surface area contributed by atoms with E-state index in [2.05, 4.69) is 5.32 Å². The van der Waals surface area contributed by atoms with Gasteiger partial charge in [0.15, 0.2) is 9.84 Å². The molecule has 0 amide bonds. The van der Waals surface area contributed by atoms with Crippen LogP contribution in [0.1, 0.15) is 0 Å². The van der Waals surface area contributed by atoms with E-state index in [-0.39, 0.29) is 10.6 Å². The van der Waals surface area contributed by atoms with Gasteiger partial charge in [-0.05, 0) is 12.1 Å². The molecule has 0 spiro atoms.